The van der Waals surface area contributed by atoms with Crippen molar-refractivity contribution in [1.82, 2.24) is 9.80 Å². The van der Waals surface area contributed by atoms with Gasteiger partial charge in [0.1, 0.15) is 17.7 Å². The molecule has 1 aromatic rings. The minimum Gasteiger partial charge on any atom is -0.506 e. The summed E-state index contributed by atoms with van der Waals surface area (Å²) in [5.41, 5.74) is 1.51. The standard InChI is InChI=1S/C19H24N2O5S2/c1-20-10-5-8(19(24)25)13(20)9-4-7-12(11-6-26-18(10)21(9)11)15(23)17(28-3)16(27-2)14(7)22/h8-11,13,18,22-23H,4-6H2,1-3H3,(H,24,25)/t8-,9+,10+,11+,13-,18?/m1/s1. The molecule has 5 rings (SSSR count). The number of carboxylic acid groups (broad SMARTS) is 1. The highest BCUT2D eigenvalue weighted by molar-refractivity contribution is 8.01. The molecule has 2 bridgehead atoms. The maximum absolute atomic E-state index is 11.9. The van der Waals surface area contributed by atoms with Crippen molar-refractivity contribution < 1.29 is 24.9 Å². The van der Waals surface area contributed by atoms with Crippen LogP contribution in [-0.4, -0.2) is 81.6 Å². The number of aliphatic carboxylic acids is 1. The van der Waals surface area contributed by atoms with E-state index in [9.17, 15) is 20.1 Å². The Morgan fingerprint density at radius 2 is 1.82 bits per heavy atom. The van der Waals surface area contributed by atoms with Gasteiger partial charge < -0.3 is 20.1 Å². The van der Waals surface area contributed by atoms with Crippen molar-refractivity contribution in [3.8, 4) is 11.5 Å². The maximum Gasteiger partial charge on any atom is 0.308 e. The maximum atomic E-state index is 11.9. The van der Waals surface area contributed by atoms with Crippen molar-refractivity contribution in [1.29, 1.82) is 0 Å². The normalized spacial score (nSPS) is 36.4. The first-order chi connectivity index (χ1) is 13.4. The summed E-state index contributed by atoms with van der Waals surface area (Å²) in [5.74, 6) is -0.754. The van der Waals surface area contributed by atoms with Gasteiger partial charge in [0.2, 0.25) is 0 Å². The number of aromatic hydroxyl groups is 2. The molecule has 7 nitrogen and oxygen atoms in total. The second-order valence-corrected chi connectivity index (χ2v) is 9.65. The molecule has 1 aromatic carbocycles. The molecule has 0 saturated carbocycles. The van der Waals surface area contributed by atoms with E-state index in [1.807, 2.05) is 19.6 Å². The van der Waals surface area contributed by atoms with E-state index in [4.69, 9.17) is 4.74 Å². The first-order valence-electron chi connectivity index (χ1n) is 9.43. The van der Waals surface area contributed by atoms with Crippen LogP contribution in [-0.2, 0) is 16.0 Å². The Hall–Kier alpha value is -1.13. The summed E-state index contributed by atoms with van der Waals surface area (Å²) in [6.45, 7) is 0.447. The molecule has 4 heterocycles. The Bertz CT molecular complexity index is 865. The number of ether oxygens (including phenoxy) is 1. The zero-order valence-electron chi connectivity index (χ0n) is 16.0. The molecule has 3 N–H and O–H groups in total. The first-order valence-corrected chi connectivity index (χ1v) is 11.9. The van der Waals surface area contributed by atoms with E-state index in [1.54, 1.807) is 0 Å². The van der Waals surface area contributed by atoms with Gasteiger partial charge in [-0.3, -0.25) is 14.6 Å². The highest BCUT2D eigenvalue weighted by Crippen LogP contribution is 2.57. The molecule has 4 aliphatic heterocycles. The lowest BCUT2D eigenvalue weighted by atomic mass is 9.81. The van der Waals surface area contributed by atoms with Crippen molar-refractivity contribution in [2.24, 2.45) is 5.92 Å². The van der Waals surface area contributed by atoms with Crippen LogP contribution in [0.5, 0.6) is 11.5 Å². The fraction of sp³-hybridized carbons (Fsp3) is 0.632. The summed E-state index contributed by atoms with van der Waals surface area (Å²) < 4.78 is 6.17. The number of likely N-dealkylation sites (N-methyl/N-ethyl adjacent to an activating group) is 1. The van der Waals surface area contributed by atoms with Crippen LogP contribution in [0, 0.1) is 5.92 Å². The fourth-order valence-corrected chi connectivity index (χ4v) is 7.66. The molecule has 0 spiro atoms. The van der Waals surface area contributed by atoms with Crippen LogP contribution < -0.4 is 0 Å². The molecular weight excluding hydrogens is 400 g/mol. The molecule has 0 aliphatic carbocycles. The van der Waals surface area contributed by atoms with E-state index in [2.05, 4.69) is 9.80 Å². The molecule has 0 radical (unpaired) electrons. The molecule has 3 fully saturated rings. The van der Waals surface area contributed by atoms with Crippen LogP contribution >= 0.6 is 23.5 Å². The lowest BCUT2D eigenvalue weighted by molar-refractivity contribution is -0.144. The molecule has 28 heavy (non-hydrogen) atoms. The van der Waals surface area contributed by atoms with E-state index in [0.717, 1.165) is 11.1 Å². The quantitative estimate of drug-likeness (QED) is 0.497. The molecule has 0 amide bonds. The average molecular weight is 425 g/mol. The van der Waals surface area contributed by atoms with Gasteiger partial charge in [0, 0.05) is 23.2 Å². The van der Waals surface area contributed by atoms with E-state index in [-0.39, 0.29) is 41.9 Å². The average Bonchev–Trinajstić information content (AvgIpc) is 3.20. The fourth-order valence-electron chi connectivity index (χ4n) is 5.98. The van der Waals surface area contributed by atoms with Gasteiger partial charge in [-0.2, -0.15) is 0 Å². The third-order valence-corrected chi connectivity index (χ3v) is 8.80. The van der Waals surface area contributed by atoms with E-state index in [1.165, 1.54) is 23.5 Å². The number of nitrogens with zero attached hydrogens (tertiary/aromatic N) is 2. The van der Waals surface area contributed by atoms with Gasteiger partial charge in [-0.05, 0) is 32.4 Å². The summed E-state index contributed by atoms with van der Waals surface area (Å²) in [6.07, 6.45) is 4.70. The summed E-state index contributed by atoms with van der Waals surface area (Å²) in [7, 11) is 1.99. The minimum atomic E-state index is -0.766. The Balaban J connectivity index is 1.69. The van der Waals surface area contributed by atoms with Crippen molar-refractivity contribution in [2.75, 3.05) is 26.2 Å². The molecule has 4 aliphatic rings. The van der Waals surface area contributed by atoms with Crippen LogP contribution in [0.3, 0.4) is 0 Å². The lowest BCUT2D eigenvalue weighted by Gasteiger charge is -2.51. The van der Waals surface area contributed by atoms with Crippen LogP contribution in [0.15, 0.2) is 9.79 Å². The SMILES string of the molecule is CSc1c(O)c2c(c(O)c1SC)[C@@H]1COC3[C@@H]4C[C@@H](C(=O)O)[C@H]([C@H](C2)N31)N4C. The number of hydrogen-bond acceptors (Lipinski definition) is 8. The van der Waals surface area contributed by atoms with Crippen LogP contribution in [0.25, 0.3) is 0 Å². The van der Waals surface area contributed by atoms with E-state index in [0.29, 0.717) is 29.2 Å². The van der Waals surface area contributed by atoms with E-state index < -0.39 is 11.9 Å². The number of rotatable bonds is 3. The largest absolute Gasteiger partial charge is 0.506 e. The van der Waals surface area contributed by atoms with Gasteiger partial charge in [0.15, 0.2) is 0 Å². The monoisotopic (exact) mass is 424 g/mol. The number of piperazine rings is 1. The highest BCUT2D eigenvalue weighted by Gasteiger charge is 2.62. The van der Waals surface area contributed by atoms with E-state index >= 15 is 0 Å². The molecule has 9 heteroatoms. The lowest BCUT2D eigenvalue weighted by Crippen LogP contribution is -2.64. The molecule has 1 unspecified atom stereocenters. The Kier molecular flexibility index (Phi) is 4.34. The van der Waals surface area contributed by atoms with Crippen molar-refractivity contribution in [3.63, 3.8) is 0 Å². The highest BCUT2D eigenvalue weighted by atomic mass is 32.2. The third kappa shape index (κ3) is 2.22. The number of carbonyl (C=O) groups is 1. The van der Waals surface area contributed by atoms with Gasteiger partial charge in [0.05, 0.1) is 34.4 Å². The van der Waals surface area contributed by atoms with Gasteiger partial charge in [0.25, 0.3) is 0 Å². The predicted molar refractivity (Wildman–Crippen MR) is 106 cm³/mol. The number of fused-ring (bicyclic) bond motifs is 6. The van der Waals surface area contributed by atoms with Crippen LogP contribution in [0.4, 0.5) is 0 Å². The topological polar surface area (TPSA) is 93.5 Å². The Morgan fingerprint density at radius 1 is 1.14 bits per heavy atom. The van der Waals surface area contributed by atoms with Gasteiger partial charge >= 0.3 is 5.97 Å². The zero-order valence-corrected chi connectivity index (χ0v) is 17.6. The van der Waals surface area contributed by atoms with Crippen LogP contribution in [0.1, 0.15) is 23.6 Å². The summed E-state index contributed by atoms with van der Waals surface area (Å²) in [6, 6.07) is -0.307. The molecule has 152 valence electrons. The number of benzene rings is 1. The summed E-state index contributed by atoms with van der Waals surface area (Å²) in [4.78, 5) is 17.8. The second-order valence-electron chi connectivity index (χ2n) is 8.02. The van der Waals surface area contributed by atoms with Crippen LogP contribution in [0.2, 0.25) is 0 Å². The van der Waals surface area contributed by atoms with Gasteiger partial charge in [-0.1, -0.05) is 0 Å². The number of thioether (sulfide) groups is 2. The van der Waals surface area contributed by atoms with Gasteiger partial charge in [-0.25, -0.2) is 0 Å². The Morgan fingerprint density at radius 3 is 2.46 bits per heavy atom. The smallest absolute Gasteiger partial charge is 0.308 e. The molecule has 3 saturated heterocycles. The summed E-state index contributed by atoms with van der Waals surface area (Å²) >= 11 is 2.85. The third-order valence-electron chi connectivity index (χ3n) is 7.06. The van der Waals surface area contributed by atoms with Crippen molar-refractivity contribution in [3.05, 3.63) is 11.1 Å². The second kappa shape index (κ2) is 6.43. The number of hydrogen-bond donors (Lipinski definition) is 3. The molecule has 6 atom stereocenters. The Labute approximate surface area is 172 Å². The number of phenolic OH excluding ortho intramolecular Hbond substituents is 2. The molecule has 0 aromatic heterocycles. The van der Waals surface area contributed by atoms with Crippen molar-refractivity contribution >= 4 is 29.5 Å². The first kappa shape index (κ1) is 18.9. The predicted octanol–water partition coefficient (Wildman–Crippen LogP) is 1.95. The number of carboxylic acids is 1. The molecular formula is C19H24N2O5S2. The summed E-state index contributed by atoms with van der Waals surface area (Å²) in [5, 5.41) is 32.0. The number of phenols is 2. The van der Waals surface area contributed by atoms with Crippen molar-refractivity contribution in [2.45, 2.75) is 53.0 Å². The minimum absolute atomic E-state index is 0.0372. The zero-order chi connectivity index (χ0) is 19.9. The van der Waals surface area contributed by atoms with Gasteiger partial charge in [-0.15, -0.1) is 23.5 Å².